The number of esters is 1. The molecule has 1 atom stereocenters. The van der Waals surface area contributed by atoms with E-state index in [1.807, 2.05) is 13.0 Å². The van der Waals surface area contributed by atoms with Crippen LogP contribution in [0.1, 0.15) is 25.2 Å². The first-order valence-corrected chi connectivity index (χ1v) is 9.10. The number of aromatic nitrogens is 3. The van der Waals surface area contributed by atoms with Gasteiger partial charge in [0, 0.05) is 11.1 Å². The van der Waals surface area contributed by atoms with Gasteiger partial charge in [0.1, 0.15) is 11.4 Å². The van der Waals surface area contributed by atoms with Crippen molar-refractivity contribution in [3.05, 3.63) is 29.2 Å². The van der Waals surface area contributed by atoms with Crippen LogP contribution in [0.5, 0.6) is 0 Å². The van der Waals surface area contributed by atoms with E-state index in [2.05, 4.69) is 20.3 Å². The third-order valence-corrected chi connectivity index (χ3v) is 4.70. The van der Waals surface area contributed by atoms with E-state index < -0.39 is 0 Å². The Bertz CT molecular complexity index is 720. The van der Waals surface area contributed by atoms with Crippen LogP contribution in [0.15, 0.2) is 22.8 Å². The lowest BCUT2D eigenvalue weighted by Gasteiger charge is -2.09. The predicted molar refractivity (Wildman–Crippen MR) is 93.2 cm³/mol. The molecule has 1 N–H and O–H groups in total. The molecule has 0 bridgehead atoms. The van der Waals surface area contributed by atoms with Crippen LogP contribution in [-0.2, 0) is 20.7 Å². The van der Waals surface area contributed by atoms with Gasteiger partial charge in [0.2, 0.25) is 5.91 Å². The van der Waals surface area contributed by atoms with Crippen LogP contribution in [0, 0.1) is 6.92 Å². The number of nitrogens with one attached hydrogen (secondary N) is 1. The maximum absolute atomic E-state index is 12.2. The summed E-state index contributed by atoms with van der Waals surface area (Å²) in [7, 11) is 0. The Morgan fingerprint density at radius 2 is 2.21 bits per heavy atom. The molecule has 2 heterocycles. The van der Waals surface area contributed by atoms with Crippen molar-refractivity contribution in [2.45, 2.75) is 37.5 Å². The largest absolute Gasteiger partial charge is 0.466 e. The number of hydrogen-bond acceptors (Lipinski definition) is 8. The summed E-state index contributed by atoms with van der Waals surface area (Å²) >= 11 is 2.63. The standard InChI is InChI=1S/C15H18N4O3S2/c1-4-22-13(20)6-11-7-23-15(18-11)19-14(21)10(3)24-12-5-9(2)16-8-17-12/h5,7-8,10H,4,6H2,1-3H3,(H,18,19,21). The Balaban J connectivity index is 1.89. The maximum atomic E-state index is 12.2. The second-order valence-electron chi connectivity index (χ2n) is 4.87. The Morgan fingerprint density at radius 3 is 2.92 bits per heavy atom. The van der Waals surface area contributed by atoms with Crippen molar-refractivity contribution in [2.75, 3.05) is 11.9 Å². The molecule has 0 fully saturated rings. The molecular formula is C15H18N4O3S2. The van der Waals surface area contributed by atoms with E-state index in [9.17, 15) is 9.59 Å². The fourth-order valence-electron chi connectivity index (χ4n) is 1.74. The van der Waals surface area contributed by atoms with Gasteiger partial charge in [-0.3, -0.25) is 9.59 Å². The molecule has 1 amide bonds. The molecule has 0 aliphatic carbocycles. The number of thiazole rings is 1. The van der Waals surface area contributed by atoms with Crippen LogP contribution in [0.3, 0.4) is 0 Å². The summed E-state index contributed by atoms with van der Waals surface area (Å²) in [6.45, 7) is 5.76. The molecule has 0 aromatic carbocycles. The van der Waals surface area contributed by atoms with Gasteiger partial charge in [0.25, 0.3) is 0 Å². The third-order valence-electron chi connectivity index (χ3n) is 2.86. The Morgan fingerprint density at radius 1 is 1.42 bits per heavy atom. The van der Waals surface area contributed by atoms with Crippen LogP contribution in [0.4, 0.5) is 5.13 Å². The smallest absolute Gasteiger partial charge is 0.311 e. The van der Waals surface area contributed by atoms with Gasteiger partial charge in [-0.25, -0.2) is 15.0 Å². The molecule has 0 saturated heterocycles. The molecule has 0 aliphatic heterocycles. The lowest BCUT2D eigenvalue weighted by molar-refractivity contribution is -0.142. The number of rotatable bonds is 7. The first-order chi connectivity index (χ1) is 11.5. The first kappa shape index (κ1) is 18.3. The highest BCUT2D eigenvalue weighted by Gasteiger charge is 2.17. The van der Waals surface area contributed by atoms with Gasteiger partial charge < -0.3 is 10.1 Å². The van der Waals surface area contributed by atoms with Crippen LogP contribution in [0.2, 0.25) is 0 Å². The molecule has 1 unspecified atom stereocenters. The molecule has 9 heteroatoms. The quantitative estimate of drug-likeness (QED) is 0.457. The highest BCUT2D eigenvalue weighted by atomic mass is 32.2. The van der Waals surface area contributed by atoms with Gasteiger partial charge in [-0.2, -0.15) is 0 Å². The number of amides is 1. The zero-order valence-corrected chi connectivity index (χ0v) is 15.2. The fraction of sp³-hybridized carbons (Fsp3) is 0.400. The molecule has 0 saturated carbocycles. The number of carbonyl (C=O) groups is 2. The predicted octanol–water partition coefficient (Wildman–Crippen LogP) is 2.47. The van der Waals surface area contributed by atoms with Crippen LogP contribution in [-0.4, -0.2) is 38.7 Å². The average molecular weight is 366 g/mol. The van der Waals surface area contributed by atoms with E-state index in [0.717, 1.165) is 10.7 Å². The van der Waals surface area contributed by atoms with Crippen LogP contribution >= 0.6 is 23.1 Å². The summed E-state index contributed by atoms with van der Waals surface area (Å²) in [5.41, 5.74) is 1.43. The summed E-state index contributed by atoms with van der Waals surface area (Å²) < 4.78 is 4.87. The fourth-order valence-corrected chi connectivity index (χ4v) is 3.33. The summed E-state index contributed by atoms with van der Waals surface area (Å²) in [4.78, 5) is 36.0. The molecule has 2 rings (SSSR count). The van der Waals surface area contributed by atoms with Crippen molar-refractivity contribution < 1.29 is 14.3 Å². The highest BCUT2D eigenvalue weighted by molar-refractivity contribution is 8.00. The van der Waals surface area contributed by atoms with E-state index in [0.29, 0.717) is 17.4 Å². The normalized spacial score (nSPS) is 11.8. The molecule has 24 heavy (non-hydrogen) atoms. The Hall–Kier alpha value is -2.00. The van der Waals surface area contributed by atoms with Gasteiger partial charge in [0.05, 0.1) is 24.0 Å². The molecule has 0 radical (unpaired) electrons. The number of thioether (sulfide) groups is 1. The topological polar surface area (TPSA) is 94.1 Å². The van der Waals surface area contributed by atoms with Gasteiger partial charge >= 0.3 is 5.97 Å². The molecule has 128 valence electrons. The summed E-state index contributed by atoms with van der Waals surface area (Å²) in [5.74, 6) is -0.503. The van der Waals surface area contributed by atoms with Crippen molar-refractivity contribution in [1.29, 1.82) is 0 Å². The molecular weight excluding hydrogens is 348 g/mol. The second-order valence-corrected chi connectivity index (χ2v) is 7.09. The zero-order valence-electron chi connectivity index (χ0n) is 13.6. The van der Waals surface area contributed by atoms with Crippen molar-refractivity contribution in [1.82, 2.24) is 15.0 Å². The van der Waals surface area contributed by atoms with E-state index in [1.165, 1.54) is 29.4 Å². The highest BCUT2D eigenvalue weighted by Crippen LogP contribution is 2.23. The van der Waals surface area contributed by atoms with Gasteiger partial charge in [-0.1, -0.05) is 11.8 Å². The maximum Gasteiger partial charge on any atom is 0.311 e. The lowest BCUT2D eigenvalue weighted by atomic mass is 10.3. The van der Waals surface area contributed by atoms with Crippen molar-refractivity contribution in [2.24, 2.45) is 0 Å². The van der Waals surface area contributed by atoms with E-state index >= 15 is 0 Å². The minimum Gasteiger partial charge on any atom is -0.466 e. The van der Waals surface area contributed by atoms with E-state index in [4.69, 9.17) is 4.74 Å². The Kier molecular flexibility index (Phi) is 6.68. The molecule has 2 aromatic rings. The van der Waals surface area contributed by atoms with E-state index in [-0.39, 0.29) is 23.5 Å². The van der Waals surface area contributed by atoms with Gasteiger partial charge in [-0.15, -0.1) is 11.3 Å². The minimum absolute atomic E-state index is 0.102. The van der Waals surface area contributed by atoms with Crippen LogP contribution < -0.4 is 5.32 Å². The molecule has 7 nitrogen and oxygen atoms in total. The number of aryl methyl sites for hydroxylation is 1. The molecule has 0 spiro atoms. The number of hydrogen-bond donors (Lipinski definition) is 1. The lowest BCUT2D eigenvalue weighted by Crippen LogP contribution is -2.22. The van der Waals surface area contributed by atoms with Gasteiger partial charge in [-0.05, 0) is 26.8 Å². The minimum atomic E-state index is -0.336. The molecule has 0 aliphatic rings. The summed E-state index contributed by atoms with van der Waals surface area (Å²) in [6.07, 6.45) is 1.58. The SMILES string of the molecule is CCOC(=O)Cc1csc(NC(=O)C(C)Sc2cc(C)ncn2)n1. The van der Waals surface area contributed by atoms with Crippen LogP contribution in [0.25, 0.3) is 0 Å². The Labute approximate surface area is 148 Å². The van der Waals surface area contributed by atoms with Crippen molar-refractivity contribution >= 4 is 40.1 Å². The summed E-state index contributed by atoms with van der Waals surface area (Å²) in [5, 5.41) is 5.36. The second kappa shape index (κ2) is 8.74. The first-order valence-electron chi connectivity index (χ1n) is 7.34. The number of ether oxygens (including phenoxy) is 1. The average Bonchev–Trinajstić information content (AvgIpc) is 2.94. The van der Waals surface area contributed by atoms with Crippen molar-refractivity contribution in [3.63, 3.8) is 0 Å². The van der Waals surface area contributed by atoms with Crippen molar-refractivity contribution in [3.8, 4) is 0 Å². The number of carbonyl (C=O) groups excluding carboxylic acids is 2. The third kappa shape index (κ3) is 5.57. The van der Waals surface area contributed by atoms with E-state index in [1.54, 1.807) is 19.2 Å². The number of nitrogens with zero attached hydrogens (tertiary/aromatic N) is 3. The zero-order chi connectivity index (χ0) is 17.5. The monoisotopic (exact) mass is 366 g/mol. The van der Waals surface area contributed by atoms with Gasteiger partial charge in [0.15, 0.2) is 5.13 Å². The summed E-state index contributed by atoms with van der Waals surface area (Å²) in [6, 6.07) is 1.83. The molecule has 2 aromatic heterocycles. The number of anilines is 1.